The molecule has 0 bridgehead atoms. The number of hydrogen-bond donors (Lipinski definition) is 1. The van der Waals surface area contributed by atoms with Crippen LogP contribution >= 0.6 is 11.3 Å². The number of rotatable bonds is 7. The number of benzene rings is 1. The number of carboxylic acids is 1. The number of carboxylic acid groups (broad SMARTS) is 1. The van der Waals surface area contributed by atoms with Gasteiger partial charge in [0.2, 0.25) is 0 Å². The molecule has 0 radical (unpaired) electrons. The monoisotopic (exact) mass is 306 g/mol. The molecule has 0 aliphatic heterocycles. The van der Waals surface area contributed by atoms with Gasteiger partial charge in [0.05, 0.1) is 16.3 Å². The normalized spacial score (nSPS) is 13.2. The lowest BCUT2D eigenvalue weighted by atomic mass is 10.2. The summed E-state index contributed by atoms with van der Waals surface area (Å²) in [5.74, 6) is -0.730. The molecule has 0 aliphatic carbocycles. The molecule has 1 heterocycles. The molecule has 5 heteroatoms. The van der Waals surface area contributed by atoms with E-state index in [1.165, 1.54) is 4.70 Å². The maximum Gasteiger partial charge on any atom is 0.303 e. The summed E-state index contributed by atoms with van der Waals surface area (Å²) in [6, 6.07) is 8.72. The molecule has 1 unspecified atom stereocenters. The molecule has 0 aliphatic rings. The minimum absolute atomic E-state index is 0.205. The van der Waals surface area contributed by atoms with Crippen LogP contribution < -0.4 is 0 Å². The van der Waals surface area contributed by atoms with Crippen molar-refractivity contribution in [2.45, 2.75) is 45.7 Å². The van der Waals surface area contributed by atoms with Gasteiger partial charge in [0.1, 0.15) is 5.01 Å². The van der Waals surface area contributed by atoms with Crippen LogP contribution in [0.25, 0.3) is 10.2 Å². The Balaban J connectivity index is 2.13. The number of para-hydroxylation sites is 1. The zero-order valence-electron chi connectivity index (χ0n) is 12.7. The molecule has 4 nitrogen and oxygen atoms in total. The molecule has 2 rings (SSSR count). The second-order valence-electron chi connectivity index (χ2n) is 5.52. The standard InChI is InChI=1S/C16H22N2O2S/c1-11(2)18(10-6-9-15(19)20)12(3)16-17-13-7-4-5-8-14(13)21-16/h4-5,7-8,11-12H,6,9-10H2,1-3H3,(H,19,20). The zero-order chi connectivity index (χ0) is 15.4. The predicted octanol–water partition coefficient (Wildman–Crippen LogP) is 3.93. The first-order valence-electron chi connectivity index (χ1n) is 7.32. The summed E-state index contributed by atoms with van der Waals surface area (Å²) < 4.78 is 1.20. The van der Waals surface area contributed by atoms with Crippen LogP contribution in [-0.4, -0.2) is 33.5 Å². The molecule has 1 aromatic heterocycles. The Bertz CT molecular complexity index is 576. The number of aromatic nitrogens is 1. The second kappa shape index (κ2) is 7.00. The van der Waals surface area contributed by atoms with Crippen LogP contribution in [0.2, 0.25) is 0 Å². The van der Waals surface area contributed by atoms with E-state index in [4.69, 9.17) is 10.1 Å². The highest BCUT2D eigenvalue weighted by Crippen LogP contribution is 2.30. The number of hydrogen-bond acceptors (Lipinski definition) is 4. The van der Waals surface area contributed by atoms with Crippen LogP contribution in [0.3, 0.4) is 0 Å². The van der Waals surface area contributed by atoms with Crippen molar-refractivity contribution in [2.24, 2.45) is 0 Å². The second-order valence-corrected chi connectivity index (χ2v) is 6.59. The molecule has 1 atom stereocenters. The molecule has 2 aromatic rings. The molecule has 0 saturated carbocycles. The lowest BCUT2D eigenvalue weighted by Gasteiger charge is -2.31. The molecule has 0 spiro atoms. The lowest BCUT2D eigenvalue weighted by molar-refractivity contribution is -0.137. The van der Waals surface area contributed by atoms with E-state index in [2.05, 4.69) is 31.7 Å². The summed E-state index contributed by atoms with van der Waals surface area (Å²) in [6.07, 6.45) is 0.887. The molecule has 0 saturated heterocycles. The van der Waals surface area contributed by atoms with Gasteiger partial charge in [0, 0.05) is 12.5 Å². The van der Waals surface area contributed by atoms with E-state index in [1.54, 1.807) is 11.3 Å². The van der Waals surface area contributed by atoms with E-state index in [1.807, 2.05) is 18.2 Å². The lowest BCUT2D eigenvalue weighted by Crippen LogP contribution is -2.34. The van der Waals surface area contributed by atoms with Gasteiger partial charge in [0.15, 0.2) is 0 Å². The molecule has 1 N–H and O–H groups in total. The topological polar surface area (TPSA) is 53.4 Å². The summed E-state index contributed by atoms with van der Waals surface area (Å²) in [5, 5.41) is 9.88. The Morgan fingerprint density at radius 1 is 1.33 bits per heavy atom. The van der Waals surface area contributed by atoms with E-state index in [-0.39, 0.29) is 12.5 Å². The largest absolute Gasteiger partial charge is 0.481 e. The Morgan fingerprint density at radius 2 is 2.05 bits per heavy atom. The van der Waals surface area contributed by atoms with Gasteiger partial charge in [-0.05, 0) is 45.9 Å². The van der Waals surface area contributed by atoms with Gasteiger partial charge in [-0.3, -0.25) is 9.69 Å². The summed E-state index contributed by atoms with van der Waals surface area (Å²) in [7, 11) is 0. The van der Waals surface area contributed by atoms with Crippen molar-refractivity contribution in [1.82, 2.24) is 9.88 Å². The van der Waals surface area contributed by atoms with Crippen molar-refractivity contribution in [2.75, 3.05) is 6.54 Å². The number of carbonyl (C=O) groups is 1. The highest BCUT2D eigenvalue weighted by Gasteiger charge is 2.21. The first kappa shape index (κ1) is 15.9. The van der Waals surface area contributed by atoms with Crippen molar-refractivity contribution < 1.29 is 9.90 Å². The van der Waals surface area contributed by atoms with Gasteiger partial charge < -0.3 is 5.11 Å². The van der Waals surface area contributed by atoms with E-state index < -0.39 is 5.97 Å². The van der Waals surface area contributed by atoms with Crippen LogP contribution in [0, 0.1) is 0 Å². The molecule has 1 aromatic carbocycles. The Labute approximate surface area is 129 Å². The van der Waals surface area contributed by atoms with Crippen molar-refractivity contribution >= 4 is 27.5 Å². The molecular formula is C16H22N2O2S. The van der Waals surface area contributed by atoms with Gasteiger partial charge in [0.25, 0.3) is 0 Å². The fraction of sp³-hybridized carbons (Fsp3) is 0.500. The SMILES string of the molecule is CC(C)N(CCCC(=O)O)C(C)c1nc2ccccc2s1. The average Bonchev–Trinajstić information content (AvgIpc) is 2.86. The van der Waals surface area contributed by atoms with E-state index in [0.717, 1.165) is 17.1 Å². The van der Waals surface area contributed by atoms with Crippen molar-refractivity contribution in [3.63, 3.8) is 0 Å². The Kier molecular flexibility index (Phi) is 5.31. The molecule has 21 heavy (non-hydrogen) atoms. The first-order valence-corrected chi connectivity index (χ1v) is 8.13. The molecule has 114 valence electrons. The first-order chi connectivity index (χ1) is 9.99. The quantitative estimate of drug-likeness (QED) is 0.842. The van der Waals surface area contributed by atoms with Crippen molar-refractivity contribution in [1.29, 1.82) is 0 Å². The fourth-order valence-electron chi connectivity index (χ4n) is 2.52. The number of aliphatic carboxylic acids is 1. The molecule has 0 fully saturated rings. The minimum Gasteiger partial charge on any atom is -0.481 e. The van der Waals surface area contributed by atoms with Crippen LogP contribution in [0.5, 0.6) is 0 Å². The van der Waals surface area contributed by atoms with Crippen molar-refractivity contribution in [3.8, 4) is 0 Å². The van der Waals surface area contributed by atoms with Crippen LogP contribution in [-0.2, 0) is 4.79 Å². The van der Waals surface area contributed by atoms with Crippen LogP contribution in [0.4, 0.5) is 0 Å². The van der Waals surface area contributed by atoms with Gasteiger partial charge >= 0.3 is 5.97 Å². The van der Waals surface area contributed by atoms with Gasteiger partial charge in [-0.2, -0.15) is 0 Å². The molecular weight excluding hydrogens is 284 g/mol. The summed E-state index contributed by atoms with van der Waals surface area (Å²) >= 11 is 1.72. The highest BCUT2D eigenvalue weighted by atomic mass is 32.1. The third kappa shape index (κ3) is 4.02. The van der Waals surface area contributed by atoms with E-state index in [0.29, 0.717) is 12.5 Å². The summed E-state index contributed by atoms with van der Waals surface area (Å²) in [5.41, 5.74) is 1.04. The minimum atomic E-state index is -0.730. The summed E-state index contributed by atoms with van der Waals surface area (Å²) in [6.45, 7) is 7.22. The maximum absolute atomic E-state index is 10.7. The van der Waals surface area contributed by atoms with Crippen LogP contribution in [0.15, 0.2) is 24.3 Å². The number of fused-ring (bicyclic) bond motifs is 1. The van der Waals surface area contributed by atoms with Crippen LogP contribution in [0.1, 0.15) is 44.7 Å². The number of thiazole rings is 1. The maximum atomic E-state index is 10.7. The Morgan fingerprint density at radius 3 is 2.67 bits per heavy atom. The highest BCUT2D eigenvalue weighted by molar-refractivity contribution is 7.18. The van der Waals surface area contributed by atoms with E-state index in [9.17, 15) is 4.79 Å². The summed E-state index contributed by atoms with van der Waals surface area (Å²) in [4.78, 5) is 17.7. The Hall–Kier alpha value is -1.46. The molecule has 0 amide bonds. The number of nitrogens with zero attached hydrogens (tertiary/aromatic N) is 2. The third-order valence-corrected chi connectivity index (χ3v) is 4.84. The van der Waals surface area contributed by atoms with E-state index >= 15 is 0 Å². The smallest absolute Gasteiger partial charge is 0.303 e. The van der Waals surface area contributed by atoms with Gasteiger partial charge in [-0.25, -0.2) is 4.98 Å². The third-order valence-electron chi connectivity index (χ3n) is 3.64. The predicted molar refractivity (Wildman–Crippen MR) is 86.7 cm³/mol. The zero-order valence-corrected chi connectivity index (χ0v) is 13.6. The fourth-order valence-corrected chi connectivity index (χ4v) is 3.56. The van der Waals surface area contributed by atoms with Crippen molar-refractivity contribution in [3.05, 3.63) is 29.3 Å². The van der Waals surface area contributed by atoms with Gasteiger partial charge in [-0.1, -0.05) is 12.1 Å². The average molecular weight is 306 g/mol. The van der Waals surface area contributed by atoms with Gasteiger partial charge in [-0.15, -0.1) is 11.3 Å².